The van der Waals surface area contributed by atoms with Gasteiger partial charge in [-0.3, -0.25) is 14.2 Å². The van der Waals surface area contributed by atoms with Gasteiger partial charge in [0.05, 0.1) is 23.9 Å². The zero-order valence-corrected chi connectivity index (χ0v) is 18.5. The Morgan fingerprint density at radius 2 is 1.97 bits per heavy atom. The number of hydrogen-bond donors (Lipinski definition) is 1. The molecule has 0 spiro atoms. The first-order valence-corrected chi connectivity index (χ1v) is 11.2. The van der Waals surface area contributed by atoms with E-state index in [0.717, 1.165) is 21.7 Å². The van der Waals surface area contributed by atoms with E-state index in [2.05, 4.69) is 10.3 Å². The minimum absolute atomic E-state index is 0.126. The molecule has 0 unspecified atom stereocenters. The molecule has 0 atom stereocenters. The van der Waals surface area contributed by atoms with Crippen LogP contribution in [0.15, 0.2) is 57.0 Å². The molecule has 6 nitrogen and oxygen atoms in total. The van der Waals surface area contributed by atoms with Crippen LogP contribution in [0, 0.1) is 20.8 Å². The van der Waals surface area contributed by atoms with Gasteiger partial charge in [-0.25, -0.2) is 4.98 Å². The Hall–Kier alpha value is -2.84. The van der Waals surface area contributed by atoms with Crippen molar-refractivity contribution in [2.75, 3.05) is 11.1 Å². The van der Waals surface area contributed by atoms with Crippen molar-refractivity contribution >= 4 is 44.9 Å². The SMILES string of the molecule is Cc1cc2c(=O)n(Cc3ccco3)c(SCC(=O)Nc3c(C)cccc3C)nc2s1. The standard InChI is InChI=1S/C22H21N3O3S2/c1-13-6-4-7-14(2)19(13)23-18(26)12-29-22-24-20-17(10-15(3)30-20)21(27)25(22)11-16-8-5-9-28-16/h4-10H,11-12H2,1-3H3,(H,23,26). The third kappa shape index (κ3) is 4.20. The van der Waals surface area contributed by atoms with Gasteiger partial charge in [0.2, 0.25) is 5.91 Å². The molecule has 1 N–H and O–H groups in total. The molecular formula is C22H21N3O3S2. The number of nitrogens with one attached hydrogen (secondary N) is 1. The number of thioether (sulfide) groups is 1. The van der Waals surface area contributed by atoms with Crippen molar-refractivity contribution in [1.29, 1.82) is 0 Å². The predicted octanol–water partition coefficient (Wildman–Crippen LogP) is 4.76. The summed E-state index contributed by atoms with van der Waals surface area (Å²) in [6.45, 7) is 6.15. The molecule has 0 aliphatic rings. The highest BCUT2D eigenvalue weighted by Gasteiger charge is 2.17. The van der Waals surface area contributed by atoms with E-state index < -0.39 is 0 Å². The summed E-state index contributed by atoms with van der Waals surface area (Å²) in [6.07, 6.45) is 1.58. The fraction of sp³-hybridized carbons (Fsp3) is 0.227. The molecule has 1 amide bonds. The number of carbonyl (C=O) groups excluding carboxylic acids is 1. The fourth-order valence-corrected chi connectivity index (χ4v) is 4.96. The van der Waals surface area contributed by atoms with Gasteiger partial charge < -0.3 is 9.73 Å². The molecule has 0 fully saturated rings. The van der Waals surface area contributed by atoms with Crippen molar-refractivity contribution < 1.29 is 9.21 Å². The highest BCUT2D eigenvalue weighted by molar-refractivity contribution is 7.99. The number of aryl methyl sites for hydroxylation is 3. The maximum atomic E-state index is 13.1. The van der Waals surface area contributed by atoms with Crippen LogP contribution in [0.25, 0.3) is 10.2 Å². The molecule has 30 heavy (non-hydrogen) atoms. The molecule has 8 heteroatoms. The number of benzene rings is 1. The van der Waals surface area contributed by atoms with Crippen molar-refractivity contribution in [3.05, 3.63) is 74.8 Å². The zero-order chi connectivity index (χ0) is 21.3. The molecular weight excluding hydrogens is 418 g/mol. The molecule has 0 aliphatic heterocycles. The van der Waals surface area contributed by atoms with E-state index in [0.29, 0.717) is 21.1 Å². The second kappa shape index (κ2) is 8.49. The topological polar surface area (TPSA) is 77.1 Å². The Balaban J connectivity index is 1.61. The lowest BCUT2D eigenvalue weighted by molar-refractivity contribution is -0.113. The molecule has 1 aromatic carbocycles. The summed E-state index contributed by atoms with van der Waals surface area (Å²) in [7, 11) is 0. The third-order valence-corrected chi connectivity index (χ3v) is 6.63. The maximum absolute atomic E-state index is 13.1. The van der Waals surface area contributed by atoms with E-state index >= 15 is 0 Å². The largest absolute Gasteiger partial charge is 0.467 e. The fourth-order valence-electron chi connectivity index (χ4n) is 3.24. The molecule has 0 aliphatic carbocycles. The lowest BCUT2D eigenvalue weighted by atomic mass is 10.1. The number of nitrogens with zero attached hydrogens (tertiary/aromatic N) is 2. The first-order valence-electron chi connectivity index (χ1n) is 9.44. The summed E-state index contributed by atoms with van der Waals surface area (Å²) in [5.41, 5.74) is 2.72. The van der Waals surface area contributed by atoms with Crippen molar-refractivity contribution in [3.8, 4) is 0 Å². The number of fused-ring (bicyclic) bond motifs is 1. The maximum Gasteiger partial charge on any atom is 0.263 e. The number of anilines is 1. The first kappa shape index (κ1) is 20.4. The van der Waals surface area contributed by atoms with Gasteiger partial charge in [-0.2, -0.15) is 0 Å². The van der Waals surface area contributed by atoms with Crippen LogP contribution >= 0.6 is 23.1 Å². The summed E-state index contributed by atoms with van der Waals surface area (Å²) in [5, 5.41) is 4.07. The Morgan fingerprint density at radius 1 is 1.20 bits per heavy atom. The van der Waals surface area contributed by atoms with Crippen LogP contribution in [0.1, 0.15) is 21.8 Å². The van der Waals surface area contributed by atoms with Crippen molar-refractivity contribution in [2.24, 2.45) is 0 Å². The number of aromatic nitrogens is 2. The second-order valence-electron chi connectivity index (χ2n) is 7.04. The Bertz CT molecular complexity index is 1250. The average molecular weight is 440 g/mol. The number of thiophene rings is 1. The van der Waals surface area contributed by atoms with E-state index in [9.17, 15) is 9.59 Å². The molecule has 4 aromatic rings. The molecule has 4 rings (SSSR count). The van der Waals surface area contributed by atoms with Gasteiger partial charge in [-0.1, -0.05) is 30.0 Å². The summed E-state index contributed by atoms with van der Waals surface area (Å²) in [5.74, 6) is 0.666. The van der Waals surface area contributed by atoms with Gasteiger partial charge in [0.1, 0.15) is 10.6 Å². The highest BCUT2D eigenvalue weighted by Crippen LogP contribution is 2.25. The van der Waals surface area contributed by atoms with Crippen LogP contribution in [0.2, 0.25) is 0 Å². The number of amides is 1. The normalized spacial score (nSPS) is 11.2. The predicted molar refractivity (Wildman–Crippen MR) is 122 cm³/mol. The van der Waals surface area contributed by atoms with Gasteiger partial charge in [0.25, 0.3) is 5.56 Å². The summed E-state index contributed by atoms with van der Waals surface area (Å²) in [6, 6.07) is 11.3. The molecule has 0 saturated carbocycles. The molecule has 0 radical (unpaired) electrons. The van der Waals surface area contributed by atoms with Crippen molar-refractivity contribution in [3.63, 3.8) is 0 Å². The van der Waals surface area contributed by atoms with Gasteiger partial charge >= 0.3 is 0 Å². The molecule has 3 aromatic heterocycles. The number of rotatable bonds is 6. The van der Waals surface area contributed by atoms with E-state index in [1.54, 1.807) is 16.9 Å². The van der Waals surface area contributed by atoms with Crippen molar-refractivity contribution in [2.45, 2.75) is 32.5 Å². The average Bonchev–Trinajstić information content (AvgIpc) is 3.35. The van der Waals surface area contributed by atoms with Gasteiger partial charge in [0.15, 0.2) is 5.16 Å². The van der Waals surface area contributed by atoms with Crippen LogP contribution in [0.3, 0.4) is 0 Å². The quantitative estimate of drug-likeness (QED) is 0.346. The van der Waals surface area contributed by atoms with Gasteiger partial charge in [0, 0.05) is 10.6 Å². The molecule has 0 saturated heterocycles. The number of hydrogen-bond acceptors (Lipinski definition) is 6. The van der Waals surface area contributed by atoms with Crippen LogP contribution in [-0.4, -0.2) is 21.2 Å². The van der Waals surface area contributed by atoms with E-state index in [1.807, 2.05) is 51.1 Å². The Morgan fingerprint density at radius 3 is 2.67 bits per heavy atom. The zero-order valence-electron chi connectivity index (χ0n) is 16.9. The Labute approximate surface area is 181 Å². The van der Waals surface area contributed by atoms with Gasteiger partial charge in [-0.05, 0) is 50.1 Å². The molecule has 0 bridgehead atoms. The number of para-hydroxylation sites is 1. The van der Waals surface area contributed by atoms with E-state index in [4.69, 9.17) is 4.42 Å². The second-order valence-corrected chi connectivity index (χ2v) is 9.22. The van der Waals surface area contributed by atoms with Gasteiger partial charge in [-0.15, -0.1) is 11.3 Å². The van der Waals surface area contributed by atoms with Crippen LogP contribution in [0.4, 0.5) is 5.69 Å². The first-order chi connectivity index (χ1) is 14.4. The summed E-state index contributed by atoms with van der Waals surface area (Å²) < 4.78 is 7.00. The minimum Gasteiger partial charge on any atom is -0.467 e. The molecule has 3 heterocycles. The summed E-state index contributed by atoms with van der Waals surface area (Å²) >= 11 is 2.73. The molecule has 154 valence electrons. The smallest absolute Gasteiger partial charge is 0.263 e. The lowest BCUT2D eigenvalue weighted by Crippen LogP contribution is -2.24. The lowest BCUT2D eigenvalue weighted by Gasteiger charge is -2.13. The van der Waals surface area contributed by atoms with E-state index in [-0.39, 0.29) is 23.8 Å². The third-order valence-electron chi connectivity index (χ3n) is 4.71. The van der Waals surface area contributed by atoms with Crippen LogP contribution in [-0.2, 0) is 11.3 Å². The minimum atomic E-state index is -0.140. The highest BCUT2D eigenvalue weighted by atomic mass is 32.2. The summed E-state index contributed by atoms with van der Waals surface area (Å²) in [4.78, 5) is 32.1. The van der Waals surface area contributed by atoms with E-state index in [1.165, 1.54) is 23.1 Å². The Kier molecular flexibility index (Phi) is 5.78. The number of furan rings is 1. The monoisotopic (exact) mass is 439 g/mol. The van der Waals surface area contributed by atoms with Crippen molar-refractivity contribution in [1.82, 2.24) is 9.55 Å². The number of carbonyl (C=O) groups is 1. The van der Waals surface area contributed by atoms with Crippen LogP contribution < -0.4 is 10.9 Å². The van der Waals surface area contributed by atoms with Crippen LogP contribution in [0.5, 0.6) is 0 Å².